The summed E-state index contributed by atoms with van der Waals surface area (Å²) >= 11 is 6.10. The van der Waals surface area contributed by atoms with Crippen LogP contribution in [0.15, 0.2) is 42.5 Å². The first-order chi connectivity index (χ1) is 14.9. The molecule has 1 fully saturated rings. The van der Waals surface area contributed by atoms with Gasteiger partial charge in [0, 0.05) is 12.2 Å². The van der Waals surface area contributed by atoms with Crippen molar-refractivity contribution in [3.63, 3.8) is 0 Å². The minimum absolute atomic E-state index is 0.0488. The summed E-state index contributed by atoms with van der Waals surface area (Å²) in [5.41, 5.74) is 1.68. The van der Waals surface area contributed by atoms with Gasteiger partial charge in [-0.1, -0.05) is 30.2 Å². The van der Waals surface area contributed by atoms with Gasteiger partial charge in [0.15, 0.2) is 0 Å². The second kappa shape index (κ2) is 10.4. The molecule has 0 saturated carbocycles. The van der Waals surface area contributed by atoms with Crippen LogP contribution in [0.3, 0.4) is 0 Å². The molecule has 8 heteroatoms. The van der Waals surface area contributed by atoms with Gasteiger partial charge in [-0.05, 0) is 62.3 Å². The van der Waals surface area contributed by atoms with Gasteiger partial charge >= 0.3 is 5.97 Å². The van der Waals surface area contributed by atoms with Gasteiger partial charge in [-0.25, -0.2) is 4.79 Å². The predicted molar refractivity (Wildman–Crippen MR) is 119 cm³/mol. The lowest BCUT2D eigenvalue weighted by molar-refractivity contribution is -0.127. The third kappa shape index (κ3) is 5.83. The number of nitrogens with one attached hydrogen (secondary N) is 2. The molecule has 1 saturated heterocycles. The number of halogens is 1. The molecule has 3 rings (SSSR count). The van der Waals surface area contributed by atoms with E-state index in [1.165, 1.54) is 13.2 Å². The lowest BCUT2D eigenvalue weighted by Gasteiger charge is -2.31. The van der Waals surface area contributed by atoms with Crippen LogP contribution in [0.4, 0.5) is 5.69 Å². The zero-order chi connectivity index (χ0) is 22.4. The van der Waals surface area contributed by atoms with Crippen molar-refractivity contribution < 1.29 is 19.1 Å². The average Bonchev–Trinajstić information content (AvgIpc) is 2.77. The Morgan fingerprint density at radius 1 is 1.16 bits per heavy atom. The fraction of sp³-hybridized carbons (Fsp3) is 0.348. The SMILES string of the molecule is COC(=O)c1cc(CNC(=O)[C@@H]2CCCCN2C)cc(NC(=O)c2ccccc2Cl)c1. The molecule has 1 heterocycles. The lowest BCUT2D eigenvalue weighted by atomic mass is 10.0. The number of anilines is 1. The third-order valence-electron chi connectivity index (χ3n) is 5.33. The minimum atomic E-state index is -0.534. The van der Waals surface area contributed by atoms with Gasteiger partial charge in [-0.3, -0.25) is 14.5 Å². The van der Waals surface area contributed by atoms with Gasteiger partial charge in [-0.2, -0.15) is 0 Å². The molecule has 0 aliphatic carbocycles. The number of ether oxygens (including phenoxy) is 1. The molecular formula is C23H26ClN3O4. The second-order valence-corrected chi connectivity index (χ2v) is 7.96. The zero-order valence-electron chi connectivity index (χ0n) is 17.6. The predicted octanol–water partition coefficient (Wildman–Crippen LogP) is 3.48. The third-order valence-corrected chi connectivity index (χ3v) is 5.66. The zero-order valence-corrected chi connectivity index (χ0v) is 18.4. The maximum Gasteiger partial charge on any atom is 0.337 e. The molecule has 7 nitrogen and oxygen atoms in total. The Morgan fingerprint density at radius 3 is 2.65 bits per heavy atom. The first-order valence-corrected chi connectivity index (χ1v) is 10.5. The number of carbonyl (C=O) groups excluding carboxylic acids is 3. The van der Waals surface area contributed by atoms with Crippen LogP contribution < -0.4 is 10.6 Å². The molecule has 1 aliphatic rings. The van der Waals surface area contributed by atoms with Crippen molar-refractivity contribution in [3.05, 3.63) is 64.2 Å². The Kier molecular flexibility index (Phi) is 7.65. The fourth-order valence-electron chi connectivity index (χ4n) is 3.66. The number of likely N-dealkylation sites (tertiary alicyclic amines) is 1. The van der Waals surface area contributed by atoms with E-state index in [1.807, 2.05) is 7.05 Å². The molecule has 0 unspecified atom stereocenters. The number of carbonyl (C=O) groups is 3. The quantitative estimate of drug-likeness (QED) is 0.667. The molecule has 2 amide bonds. The van der Waals surface area contributed by atoms with Crippen molar-refractivity contribution >= 4 is 35.1 Å². The van der Waals surface area contributed by atoms with Crippen LogP contribution in [0, 0.1) is 0 Å². The Hall–Kier alpha value is -2.90. The average molecular weight is 444 g/mol. The molecule has 31 heavy (non-hydrogen) atoms. The molecule has 1 atom stereocenters. The maximum absolute atomic E-state index is 12.6. The highest BCUT2D eigenvalue weighted by atomic mass is 35.5. The number of methoxy groups -OCH3 is 1. The first kappa shape index (κ1) is 22.8. The summed E-state index contributed by atoms with van der Waals surface area (Å²) in [6, 6.07) is 11.4. The standard InChI is InChI=1S/C23H26ClN3O4/c1-27-10-6-5-9-20(27)22(29)25-14-15-11-16(23(30)31-2)13-17(12-15)26-21(28)18-7-3-4-8-19(18)24/h3-4,7-8,11-13,20H,5-6,9-10,14H2,1-2H3,(H,25,29)(H,26,28)/t20-/m0/s1. The van der Waals surface area contributed by atoms with Gasteiger partial charge < -0.3 is 15.4 Å². The number of hydrogen-bond donors (Lipinski definition) is 2. The molecule has 0 bridgehead atoms. The van der Waals surface area contributed by atoms with E-state index in [9.17, 15) is 14.4 Å². The van der Waals surface area contributed by atoms with E-state index < -0.39 is 11.9 Å². The van der Waals surface area contributed by atoms with Crippen LogP contribution in [-0.4, -0.2) is 49.4 Å². The van der Waals surface area contributed by atoms with Gasteiger partial charge in [0.2, 0.25) is 5.91 Å². The van der Waals surface area contributed by atoms with Crippen molar-refractivity contribution in [2.24, 2.45) is 0 Å². The van der Waals surface area contributed by atoms with E-state index in [-0.39, 0.29) is 24.1 Å². The van der Waals surface area contributed by atoms with E-state index in [0.717, 1.165) is 25.8 Å². The molecule has 0 radical (unpaired) electrons. The normalized spacial score (nSPS) is 16.4. The van der Waals surface area contributed by atoms with Crippen molar-refractivity contribution in [3.8, 4) is 0 Å². The van der Waals surface area contributed by atoms with Crippen molar-refractivity contribution in [1.82, 2.24) is 10.2 Å². The molecule has 164 valence electrons. The van der Waals surface area contributed by atoms with Gasteiger partial charge in [-0.15, -0.1) is 0 Å². The van der Waals surface area contributed by atoms with E-state index in [2.05, 4.69) is 15.5 Å². The molecule has 0 spiro atoms. The Labute approximate surface area is 186 Å². The van der Waals surface area contributed by atoms with E-state index in [1.54, 1.807) is 36.4 Å². The molecule has 2 aromatic carbocycles. The van der Waals surface area contributed by atoms with Crippen LogP contribution in [0.2, 0.25) is 5.02 Å². The van der Waals surface area contributed by atoms with E-state index >= 15 is 0 Å². The smallest absolute Gasteiger partial charge is 0.337 e. The van der Waals surface area contributed by atoms with Crippen LogP contribution in [0.5, 0.6) is 0 Å². The summed E-state index contributed by atoms with van der Waals surface area (Å²) in [7, 11) is 3.24. The van der Waals surface area contributed by atoms with Crippen molar-refractivity contribution in [2.45, 2.75) is 31.8 Å². The summed E-state index contributed by atoms with van der Waals surface area (Å²) in [6.07, 6.45) is 2.94. The van der Waals surface area contributed by atoms with E-state index in [4.69, 9.17) is 16.3 Å². The number of hydrogen-bond acceptors (Lipinski definition) is 5. The Bertz CT molecular complexity index is 979. The van der Waals surface area contributed by atoms with Crippen LogP contribution in [0.25, 0.3) is 0 Å². The highest BCUT2D eigenvalue weighted by molar-refractivity contribution is 6.34. The van der Waals surface area contributed by atoms with Crippen LogP contribution >= 0.6 is 11.6 Å². The summed E-state index contributed by atoms with van der Waals surface area (Å²) in [4.78, 5) is 39.4. The fourth-order valence-corrected chi connectivity index (χ4v) is 3.88. The van der Waals surface area contributed by atoms with Crippen molar-refractivity contribution in [2.75, 3.05) is 26.0 Å². The highest BCUT2D eigenvalue weighted by Gasteiger charge is 2.25. The number of likely N-dealkylation sites (N-methyl/N-ethyl adjacent to an activating group) is 1. The molecule has 2 aromatic rings. The summed E-state index contributed by atoms with van der Waals surface area (Å²) in [6.45, 7) is 1.12. The molecular weight excluding hydrogens is 418 g/mol. The second-order valence-electron chi connectivity index (χ2n) is 7.55. The number of piperidine rings is 1. The topological polar surface area (TPSA) is 87.7 Å². The monoisotopic (exact) mass is 443 g/mol. The Balaban J connectivity index is 1.77. The minimum Gasteiger partial charge on any atom is -0.465 e. The van der Waals surface area contributed by atoms with Gasteiger partial charge in [0.05, 0.1) is 29.3 Å². The van der Waals surface area contributed by atoms with Crippen LogP contribution in [0.1, 0.15) is 45.5 Å². The van der Waals surface area contributed by atoms with Crippen molar-refractivity contribution in [1.29, 1.82) is 0 Å². The number of benzene rings is 2. The number of esters is 1. The number of amides is 2. The molecule has 2 N–H and O–H groups in total. The number of nitrogens with zero attached hydrogens (tertiary/aromatic N) is 1. The Morgan fingerprint density at radius 2 is 1.94 bits per heavy atom. The van der Waals surface area contributed by atoms with Gasteiger partial charge in [0.1, 0.15) is 0 Å². The van der Waals surface area contributed by atoms with E-state index in [0.29, 0.717) is 21.8 Å². The lowest BCUT2D eigenvalue weighted by Crippen LogP contribution is -2.47. The van der Waals surface area contributed by atoms with Gasteiger partial charge in [0.25, 0.3) is 5.91 Å². The molecule has 0 aromatic heterocycles. The largest absolute Gasteiger partial charge is 0.465 e. The summed E-state index contributed by atoms with van der Waals surface area (Å²) in [5.74, 6) is -0.979. The summed E-state index contributed by atoms with van der Waals surface area (Å²) in [5, 5.41) is 6.03. The summed E-state index contributed by atoms with van der Waals surface area (Å²) < 4.78 is 4.82. The highest BCUT2D eigenvalue weighted by Crippen LogP contribution is 2.21. The van der Waals surface area contributed by atoms with Crippen LogP contribution in [-0.2, 0) is 16.1 Å². The number of rotatable bonds is 6. The first-order valence-electron chi connectivity index (χ1n) is 10.1. The molecule has 1 aliphatic heterocycles. The maximum atomic E-state index is 12.6.